The Kier molecular flexibility index (Phi) is 11.3. The maximum absolute atomic E-state index is 14.2. The van der Waals surface area contributed by atoms with Crippen LogP contribution in [0.1, 0.15) is 61.4 Å². The lowest BCUT2D eigenvalue weighted by Gasteiger charge is -2.18. The number of nitrogens with zero attached hydrogens (tertiary/aromatic N) is 3. The molecule has 4 aromatic carbocycles. The van der Waals surface area contributed by atoms with Crippen LogP contribution in [0.5, 0.6) is 11.5 Å². The lowest BCUT2D eigenvalue weighted by Crippen LogP contribution is -2.29. The van der Waals surface area contributed by atoms with Crippen LogP contribution in [0.25, 0.3) is 0 Å². The van der Waals surface area contributed by atoms with Crippen LogP contribution in [0.2, 0.25) is 0 Å². The number of nitrogens with two attached hydrogens (primary N) is 1. The number of para-hydroxylation sites is 1. The molecule has 1 atom stereocenters. The number of hydrogen-bond donors (Lipinski definition) is 2. The lowest BCUT2D eigenvalue weighted by molar-refractivity contribution is 0.0509. The van der Waals surface area contributed by atoms with Crippen LogP contribution < -0.4 is 20.5 Å². The van der Waals surface area contributed by atoms with E-state index in [4.69, 9.17) is 19.9 Å². The highest BCUT2D eigenvalue weighted by Gasteiger charge is 2.30. The number of anilines is 1. The number of aryl methyl sites for hydroxylation is 1. The Morgan fingerprint density at radius 3 is 2.27 bits per heavy atom. The van der Waals surface area contributed by atoms with E-state index in [-0.39, 0.29) is 54.2 Å². The highest BCUT2D eigenvalue weighted by atomic mass is 16.5. The molecule has 0 aliphatic carbocycles. The fourth-order valence-corrected chi connectivity index (χ4v) is 5.03. The van der Waals surface area contributed by atoms with Crippen LogP contribution >= 0.6 is 0 Å². The molecule has 5 aromatic rings. The summed E-state index contributed by atoms with van der Waals surface area (Å²) < 4.78 is 18.0. The third-order valence-electron chi connectivity index (χ3n) is 7.56. The van der Waals surface area contributed by atoms with Gasteiger partial charge in [0.2, 0.25) is 5.78 Å². The summed E-state index contributed by atoms with van der Waals surface area (Å²) in [6.07, 6.45) is 1.43. The van der Waals surface area contributed by atoms with Crippen molar-refractivity contribution in [1.29, 1.82) is 0 Å². The number of rotatable bonds is 15. The lowest BCUT2D eigenvalue weighted by atomic mass is 10.0. The molecule has 11 heteroatoms. The van der Waals surface area contributed by atoms with Crippen molar-refractivity contribution < 1.29 is 28.6 Å². The average molecular weight is 648 g/mol. The first-order chi connectivity index (χ1) is 23.4. The summed E-state index contributed by atoms with van der Waals surface area (Å²) in [5, 5.41) is 11.1. The third-order valence-corrected chi connectivity index (χ3v) is 7.56. The van der Waals surface area contributed by atoms with Crippen molar-refractivity contribution in [3.05, 3.63) is 137 Å². The fourth-order valence-electron chi connectivity index (χ4n) is 5.03. The maximum Gasteiger partial charge on any atom is 0.359 e. The van der Waals surface area contributed by atoms with Gasteiger partial charge in [0.05, 0.1) is 31.5 Å². The Bertz CT molecular complexity index is 1840. The van der Waals surface area contributed by atoms with Gasteiger partial charge in [0.1, 0.15) is 18.1 Å². The minimum atomic E-state index is -0.758. The Balaban J connectivity index is 1.47. The summed E-state index contributed by atoms with van der Waals surface area (Å²) >= 11 is 0. The van der Waals surface area contributed by atoms with E-state index < -0.39 is 17.7 Å². The van der Waals surface area contributed by atoms with Gasteiger partial charge in [-0.15, -0.1) is 5.10 Å². The van der Waals surface area contributed by atoms with Crippen LogP contribution in [-0.4, -0.2) is 59.0 Å². The molecule has 246 valence electrons. The quantitative estimate of drug-likeness (QED) is 0.114. The van der Waals surface area contributed by atoms with E-state index in [0.717, 1.165) is 17.5 Å². The van der Waals surface area contributed by atoms with Gasteiger partial charge in [-0.1, -0.05) is 71.9 Å². The van der Waals surface area contributed by atoms with Gasteiger partial charge in [-0.25, -0.2) is 9.48 Å². The zero-order valence-corrected chi connectivity index (χ0v) is 26.8. The first-order valence-electron chi connectivity index (χ1n) is 15.6. The molecule has 11 nitrogen and oxygen atoms in total. The van der Waals surface area contributed by atoms with Gasteiger partial charge >= 0.3 is 5.97 Å². The smallest absolute Gasteiger partial charge is 0.359 e. The summed E-state index contributed by atoms with van der Waals surface area (Å²) in [5.41, 5.74) is 8.56. The molecule has 0 saturated heterocycles. The van der Waals surface area contributed by atoms with E-state index in [1.165, 1.54) is 10.7 Å². The van der Waals surface area contributed by atoms with E-state index in [0.29, 0.717) is 17.7 Å². The molecule has 3 N–H and O–H groups in total. The van der Waals surface area contributed by atoms with Gasteiger partial charge in [0.25, 0.3) is 5.91 Å². The minimum Gasteiger partial charge on any atom is -0.497 e. The van der Waals surface area contributed by atoms with Crippen molar-refractivity contribution >= 4 is 23.3 Å². The second-order valence-corrected chi connectivity index (χ2v) is 10.9. The second-order valence-electron chi connectivity index (χ2n) is 10.9. The molecular formula is C37H37N5O6. The number of nitrogens with one attached hydrogen (secondary N) is 1. The number of methoxy groups -OCH3 is 1. The molecule has 48 heavy (non-hydrogen) atoms. The van der Waals surface area contributed by atoms with Crippen LogP contribution in [0.3, 0.4) is 0 Å². The molecule has 0 spiro atoms. The van der Waals surface area contributed by atoms with Crippen LogP contribution in [0, 0.1) is 0 Å². The van der Waals surface area contributed by atoms with E-state index in [1.807, 2.05) is 42.5 Å². The van der Waals surface area contributed by atoms with Crippen molar-refractivity contribution in [2.75, 3.05) is 25.6 Å². The molecular weight excluding hydrogens is 610 g/mol. The standard InChI is InChI=1S/C37H37N5O6/c1-3-47-37(45)34-33(40-41-42(34)23-26-18-21-29(46-2)22-19-26)35(43)30-15-10-16-31(32(30)39-36(44)27-13-8-5-9-14-27)48-24-28(38)20-17-25-11-6-4-7-12-25/h4-16,18-19,21-22,28H,3,17,20,23-24,38H2,1-2H3,(H,39,44). The molecule has 5 rings (SSSR count). The predicted octanol–water partition coefficient (Wildman–Crippen LogP) is 5.33. The molecule has 0 aliphatic rings. The van der Waals surface area contributed by atoms with Crippen molar-refractivity contribution in [3.8, 4) is 11.5 Å². The van der Waals surface area contributed by atoms with Gasteiger partial charge in [-0.05, 0) is 67.3 Å². The normalized spacial score (nSPS) is 11.4. The van der Waals surface area contributed by atoms with Crippen molar-refractivity contribution in [2.24, 2.45) is 5.73 Å². The number of carbonyl (C=O) groups is 3. The topological polar surface area (TPSA) is 148 Å². The van der Waals surface area contributed by atoms with Crippen LogP contribution in [0.4, 0.5) is 5.69 Å². The van der Waals surface area contributed by atoms with Gasteiger partial charge in [-0.3, -0.25) is 9.59 Å². The molecule has 1 aromatic heterocycles. The van der Waals surface area contributed by atoms with Crippen LogP contribution in [-0.2, 0) is 17.7 Å². The minimum absolute atomic E-state index is 0.0525. The summed E-state index contributed by atoms with van der Waals surface area (Å²) in [7, 11) is 1.57. The molecule has 1 amide bonds. The van der Waals surface area contributed by atoms with Crippen LogP contribution in [0.15, 0.2) is 103 Å². The third kappa shape index (κ3) is 8.31. The number of hydrogen-bond acceptors (Lipinski definition) is 9. The van der Waals surface area contributed by atoms with Gasteiger partial charge in [0.15, 0.2) is 11.4 Å². The van der Waals surface area contributed by atoms with Crippen molar-refractivity contribution in [2.45, 2.75) is 32.4 Å². The Morgan fingerprint density at radius 1 is 0.875 bits per heavy atom. The summed E-state index contributed by atoms with van der Waals surface area (Å²) in [6.45, 7) is 2.01. The first kappa shape index (κ1) is 33.6. The number of ketones is 1. The largest absolute Gasteiger partial charge is 0.497 e. The van der Waals surface area contributed by atoms with Crippen molar-refractivity contribution in [3.63, 3.8) is 0 Å². The number of aromatic nitrogens is 3. The molecule has 1 heterocycles. The predicted molar refractivity (Wildman–Crippen MR) is 181 cm³/mol. The zero-order valence-electron chi connectivity index (χ0n) is 26.8. The molecule has 0 bridgehead atoms. The van der Waals surface area contributed by atoms with Gasteiger partial charge < -0.3 is 25.3 Å². The summed E-state index contributed by atoms with van der Waals surface area (Å²) in [4.78, 5) is 40.8. The molecule has 0 fully saturated rings. The molecule has 0 radical (unpaired) electrons. The van der Waals surface area contributed by atoms with E-state index in [1.54, 1.807) is 68.6 Å². The number of carbonyl (C=O) groups excluding carboxylic acids is 3. The Morgan fingerprint density at radius 2 is 1.58 bits per heavy atom. The van der Waals surface area contributed by atoms with E-state index in [9.17, 15) is 14.4 Å². The van der Waals surface area contributed by atoms with Gasteiger partial charge in [0, 0.05) is 11.6 Å². The molecule has 1 unspecified atom stereocenters. The zero-order chi connectivity index (χ0) is 33.9. The number of ether oxygens (including phenoxy) is 3. The fraction of sp³-hybridized carbons (Fsp3) is 0.216. The Labute approximate surface area is 278 Å². The van der Waals surface area contributed by atoms with Crippen molar-refractivity contribution in [1.82, 2.24) is 15.0 Å². The summed E-state index contributed by atoms with van der Waals surface area (Å²) in [6, 6.07) is 30.3. The maximum atomic E-state index is 14.2. The number of amides is 1. The number of benzene rings is 4. The second kappa shape index (κ2) is 16.1. The SMILES string of the molecule is CCOC(=O)c1c(C(=O)c2cccc(OCC(N)CCc3ccccc3)c2NC(=O)c2ccccc2)nnn1Cc1ccc(OC)cc1. The average Bonchev–Trinajstić information content (AvgIpc) is 3.54. The summed E-state index contributed by atoms with van der Waals surface area (Å²) in [5.74, 6) is -0.957. The molecule has 0 saturated carbocycles. The highest BCUT2D eigenvalue weighted by molar-refractivity contribution is 6.18. The Hall–Kier alpha value is -5.81. The molecule has 0 aliphatic heterocycles. The van der Waals surface area contributed by atoms with E-state index >= 15 is 0 Å². The monoisotopic (exact) mass is 647 g/mol. The highest BCUT2D eigenvalue weighted by Crippen LogP contribution is 2.32. The first-order valence-corrected chi connectivity index (χ1v) is 15.6. The van der Waals surface area contributed by atoms with Gasteiger partial charge in [-0.2, -0.15) is 0 Å². The van der Waals surface area contributed by atoms with E-state index in [2.05, 4.69) is 15.6 Å². The number of esters is 1.